The molecule has 0 fully saturated rings. The Morgan fingerprint density at radius 1 is 1.19 bits per heavy atom. The standard InChI is InChI=1S/C20H21ClN2O3/c1-12-2-3-14(21)11-17(12)23-20(24)22-7-4-16-15-6-9-25-18(15)10-13-5-8-26-19(13)16/h2-3,10-11H,4-9H2,1H3,(H2,22,23,24). The molecular formula is C20H21ClN2O3. The van der Waals surface area contributed by atoms with Gasteiger partial charge < -0.3 is 20.1 Å². The monoisotopic (exact) mass is 372 g/mol. The highest BCUT2D eigenvalue weighted by molar-refractivity contribution is 6.31. The quantitative estimate of drug-likeness (QED) is 0.856. The zero-order chi connectivity index (χ0) is 18.1. The van der Waals surface area contributed by atoms with Crippen LogP contribution >= 0.6 is 11.6 Å². The zero-order valence-corrected chi connectivity index (χ0v) is 15.4. The average Bonchev–Trinajstić information content (AvgIpc) is 3.26. The summed E-state index contributed by atoms with van der Waals surface area (Å²) in [6.07, 6.45) is 2.53. The summed E-state index contributed by atoms with van der Waals surface area (Å²) in [5.41, 5.74) is 5.28. The number of anilines is 1. The molecule has 5 nitrogen and oxygen atoms in total. The molecule has 2 aliphatic heterocycles. The van der Waals surface area contributed by atoms with E-state index >= 15 is 0 Å². The van der Waals surface area contributed by atoms with Crippen molar-refractivity contribution in [2.24, 2.45) is 0 Å². The first-order chi connectivity index (χ1) is 12.6. The van der Waals surface area contributed by atoms with Crippen LogP contribution in [-0.2, 0) is 19.3 Å². The molecule has 2 aromatic rings. The summed E-state index contributed by atoms with van der Waals surface area (Å²) in [7, 11) is 0. The van der Waals surface area contributed by atoms with Gasteiger partial charge in [0.05, 0.1) is 13.2 Å². The minimum absolute atomic E-state index is 0.239. The van der Waals surface area contributed by atoms with Crippen molar-refractivity contribution < 1.29 is 14.3 Å². The number of rotatable bonds is 4. The third kappa shape index (κ3) is 3.31. The lowest BCUT2D eigenvalue weighted by Gasteiger charge is -2.14. The minimum Gasteiger partial charge on any atom is -0.493 e. The van der Waals surface area contributed by atoms with Crippen LogP contribution in [0.25, 0.3) is 0 Å². The maximum absolute atomic E-state index is 12.2. The molecule has 0 spiro atoms. The number of fused-ring (bicyclic) bond motifs is 2. The Balaban J connectivity index is 1.41. The van der Waals surface area contributed by atoms with Crippen molar-refractivity contribution in [3.05, 3.63) is 51.5 Å². The van der Waals surface area contributed by atoms with Gasteiger partial charge in [0.15, 0.2) is 0 Å². The number of hydrogen-bond donors (Lipinski definition) is 2. The van der Waals surface area contributed by atoms with Crippen molar-refractivity contribution in [2.75, 3.05) is 25.1 Å². The first kappa shape index (κ1) is 17.0. The summed E-state index contributed by atoms with van der Waals surface area (Å²) >= 11 is 6.00. The molecule has 6 heteroatoms. The molecule has 2 aromatic carbocycles. The van der Waals surface area contributed by atoms with Crippen LogP contribution in [0.2, 0.25) is 5.02 Å². The first-order valence-electron chi connectivity index (χ1n) is 8.86. The predicted octanol–water partition coefficient (Wildman–Crippen LogP) is 3.88. The average molecular weight is 373 g/mol. The summed E-state index contributed by atoms with van der Waals surface area (Å²) < 4.78 is 11.6. The number of hydrogen-bond acceptors (Lipinski definition) is 3. The molecule has 2 amide bonds. The lowest BCUT2D eigenvalue weighted by atomic mass is 9.97. The fourth-order valence-electron chi connectivity index (χ4n) is 3.55. The van der Waals surface area contributed by atoms with Gasteiger partial charge in [-0.2, -0.15) is 0 Å². The Bertz CT molecular complexity index is 834. The Hall–Kier alpha value is -2.40. The molecule has 0 atom stereocenters. The SMILES string of the molecule is Cc1ccc(Cl)cc1NC(=O)NCCc1c2c(cc3c1OCC3)OCC2. The first-order valence-corrected chi connectivity index (χ1v) is 9.24. The molecule has 0 unspecified atom stereocenters. The van der Waals surface area contributed by atoms with Gasteiger partial charge in [0.25, 0.3) is 0 Å². The number of aryl methyl sites for hydroxylation is 1. The number of ether oxygens (including phenoxy) is 2. The maximum Gasteiger partial charge on any atom is 0.319 e. The number of carbonyl (C=O) groups excluding carboxylic acids is 1. The number of carbonyl (C=O) groups is 1. The van der Waals surface area contributed by atoms with E-state index in [-0.39, 0.29) is 6.03 Å². The molecule has 2 N–H and O–H groups in total. The van der Waals surface area contributed by atoms with E-state index in [0.717, 1.165) is 36.3 Å². The van der Waals surface area contributed by atoms with Crippen LogP contribution in [0, 0.1) is 6.92 Å². The molecule has 0 radical (unpaired) electrons. The van der Waals surface area contributed by atoms with Gasteiger partial charge in [-0.05, 0) is 37.1 Å². The summed E-state index contributed by atoms with van der Waals surface area (Å²) in [4.78, 5) is 12.2. The van der Waals surface area contributed by atoms with E-state index in [2.05, 4.69) is 16.7 Å². The van der Waals surface area contributed by atoms with E-state index in [1.54, 1.807) is 12.1 Å². The lowest BCUT2D eigenvalue weighted by Crippen LogP contribution is -2.30. The topological polar surface area (TPSA) is 59.6 Å². The summed E-state index contributed by atoms with van der Waals surface area (Å²) in [6.45, 7) is 3.89. The fourth-order valence-corrected chi connectivity index (χ4v) is 3.72. The van der Waals surface area contributed by atoms with Crippen LogP contribution < -0.4 is 20.1 Å². The highest BCUT2D eigenvalue weighted by Crippen LogP contribution is 2.40. The second-order valence-electron chi connectivity index (χ2n) is 6.61. The third-order valence-electron chi connectivity index (χ3n) is 4.87. The van der Waals surface area contributed by atoms with Crippen molar-refractivity contribution in [2.45, 2.75) is 26.2 Å². The van der Waals surface area contributed by atoms with Gasteiger partial charge in [0, 0.05) is 46.8 Å². The third-order valence-corrected chi connectivity index (χ3v) is 5.10. The predicted molar refractivity (Wildman–Crippen MR) is 102 cm³/mol. The Morgan fingerprint density at radius 2 is 2.04 bits per heavy atom. The highest BCUT2D eigenvalue weighted by Gasteiger charge is 2.26. The molecule has 2 aliphatic rings. The molecule has 0 saturated carbocycles. The number of urea groups is 1. The summed E-state index contributed by atoms with van der Waals surface area (Å²) in [5.74, 6) is 1.96. The number of nitrogens with one attached hydrogen (secondary N) is 2. The minimum atomic E-state index is -0.239. The van der Waals surface area contributed by atoms with Crippen molar-refractivity contribution in [1.82, 2.24) is 5.32 Å². The molecule has 0 saturated heterocycles. The van der Waals surface area contributed by atoms with Crippen molar-refractivity contribution >= 4 is 23.3 Å². The van der Waals surface area contributed by atoms with Gasteiger partial charge in [-0.15, -0.1) is 0 Å². The van der Waals surface area contributed by atoms with E-state index in [1.807, 2.05) is 13.0 Å². The smallest absolute Gasteiger partial charge is 0.319 e. The van der Waals surface area contributed by atoms with Crippen LogP contribution in [-0.4, -0.2) is 25.8 Å². The second-order valence-corrected chi connectivity index (χ2v) is 7.04. The molecule has 136 valence electrons. The van der Waals surface area contributed by atoms with Gasteiger partial charge in [0.1, 0.15) is 11.5 Å². The Morgan fingerprint density at radius 3 is 2.92 bits per heavy atom. The molecule has 0 bridgehead atoms. The Labute approximate surface area is 157 Å². The van der Waals surface area contributed by atoms with E-state index in [0.29, 0.717) is 30.5 Å². The maximum atomic E-state index is 12.2. The largest absolute Gasteiger partial charge is 0.493 e. The Kier molecular flexibility index (Phi) is 4.64. The number of amides is 2. The number of halogens is 1. The molecule has 0 aromatic heterocycles. The lowest BCUT2D eigenvalue weighted by molar-refractivity contribution is 0.252. The highest BCUT2D eigenvalue weighted by atomic mass is 35.5. The van der Waals surface area contributed by atoms with Crippen LogP contribution in [0.15, 0.2) is 24.3 Å². The summed E-state index contributed by atoms with van der Waals surface area (Å²) in [6, 6.07) is 7.30. The molecular weight excluding hydrogens is 352 g/mol. The fraction of sp³-hybridized carbons (Fsp3) is 0.350. The van der Waals surface area contributed by atoms with E-state index in [9.17, 15) is 4.79 Å². The molecule has 4 rings (SSSR count). The van der Waals surface area contributed by atoms with Crippen molar-refractivity contribution in [1.29, 1.82) is 0 Å². The van der Waals surface area contributed by atoms with Gasteiger partial charge in [-0.1, -0.05) is 17.7 Å². The van der Waals surface area contributed by atoms with Crippen molar-refractivity contribution in [3.63, 3.8) is 0 Å². The van der Waals surface area contributed by atoms with Gasteiger partial charge in [-0.3, -0.25) is 0 Å². The van der Waals surface area contributed by atoms with Gasteiger partial charge in [0.2, 0.25) is 0 Å². The molecule has 2 heterocycles. The second kappa shape index (κ2) is 7.08. The van der Waals surface area contributed by atoms with Crippen molar-refractivity contribution in [3.8, 4) is 11.5 Å². The van der Waals surface area contributed by atoms with Crippen LogP contribution in [0.1, 0.15) is 22.3 Å². The van der Waals surface area contributed by atoms with Gasteiger partial charge >= 0.3 is 6.03 Å². The number of benzene rings is 2. The van der Waals surface area contributed by atoms with Crippen LogP contribution in [0.4, 0.5) is 10.5 Å². The van der Waals surface area contributed by atoms with Crippen LogP contribution in [0.3, 0.4) is 0 Å². The van der Waals surface area contributed by atoms with Gasteiger partial charge in [-0.25, -0.2) is 4.79 Å². The van der Waals surface area contributed by atoms with E-state index in [4.69, 9.17) is 21.1 Å². The normalized spacial score (nSPS) is 14.2. The van der Waals surface area contributed by atoms with Crippen LogP contribution in [0.5, 0.6) is 11.5 Å². The molecule has 0 aliphatic carbocycles. The zero-order valence-electron chi connectivity index (χ0n) is 14.7. The summed E-state index contributed by atoms with van der Waals surface area (Å²) in [5, 5.41) is 6.37. The van der Waals surface area contributed by atoms with E-state index < -0.39 is 0 Å². The van der Waals surface area contributed by atoms with E-state index in [1.165, 1.54) is 16.7 Å². The molecule has 26 heavy (non-hydrogen) atoms.